The number of nitrogens with one attached hydrogen (secondary N) is 2. The summed E-state index contributed by atoms with van der Waals surface area (Å²) >= 11 is 0. The second-order valence-corrected chi connectivity index (χ2v) is 5.21. The summed E-state index contributed by atoms with van der Waals surface area (Å²) in [4.78, 5) is 12.1. The van der Waals surface area contributed by atoms with Crippen molar-refractivity contribution in [1.29, 1.82) is 0 Å². The van der Waals surface area contributed by atoms with Crippen LogP contribution in [0.25, 0.3) is 0 Å². The first-order chi connectivity index (χ1) is 8.34. The Morgan fingerprint density at radius 3 is 3.12 bits per heavy atom. The number of ketones is 1. The van der Waals surface area contributed by atoms with Gasteiger partial charge in [-0.1, -0.05) is 19.3 Å². The second kappa shape index (κ2) is 4.61. The Bertz CT molecular complexity index is 420. The van der Waals surface area contributed by atoms with Crippen molar-refractivity contribution < 1.29 is 4.79 Å². The van der Waals surface area contributed by atoms with Gasteiger partial charge in [-0.05, 0) is 12.3 Å². The molecule has 0 amide bonds. The minimum atomic E-state index is 0.215. The van der Waals surface area contributed by atoms with E-state index in [0.717, 1.165) is 43.1 Å². The smallest absolute Gasteiger partial charge is 0.183 e. The summed E-state index contributed by atoms with van der Waals surface area (Å²) in [6.45, 7) is 1.76. The van der Waals surface area contributed by atoms with Gasteiger partial charge < -0.3 is 5.32 Å². The van der Waals surface area contributed by atoms with Gasteiger partial charge in [-0.2, -0.15) is 5.10 Å². The molecule has 4 heteroatoms. The fourth-order valence-electron chi connectivity index (χ4n) is 2.53. The SMILES string of the molecule is O=C(CCCC1CC1)c1n[nH]c2c1CNCC2. The van der Waals surface area contributed by atoms with E-state index in [2.05, 4.69) is 15.5 Å². The van der Waals surface area contributed by atoms with E-state index in [-0.39, 0.29) is 5.78 Å². The molecule has 1 aliphatic heterocycles. The van der Waals surface area contributed by atoms with Crippen LogP contribution in [0.5, 0.6) is 0 Å². The molecule has 0 spiro atoms. The van der Waals surface area contributed by atoms with Gasteiger partial charge in [-0.25, -0.2) is 0 Å². The number of H-pyrrole nitrogens is 1. The number of hydrogen-bond acceptors (Lipinski definition) is 3. The van der Waals surface area contributed by atoms with E-state index in [1.807, 2.05) is 0 Å². The van der Waals surface area contributed by atoms with Crippen LogP contribution in [-0.4, -0.2) is 22.5 Å². The van der Waals surface area contributed by atoms with Gasteiger partial charge in [0.1, 0.15) is 5.69 Å². The number of rotatable bonds is 5. The van der Waals surface area contributed by atoms with E-state index in [4.69, 9.17) is 0 Å². The third-order valence-electron chi connectivity index (χ3n) is 3.78. The quantitative estimate of drug-likeness (QED) is 0.763. The predicted molar refractivity (Wildman–Crippen MR) is 64.9 cm³/mol. The predicted octanol–water partition coefficient (Wildman–Crippen LogP) is 1.82. The Kier molecular flexibility index (Phi) is 2.97. The summed E-state index contributed by atoms with van der Waals surface area (Å²) in [5.41, 5.74) is 2.94. The largest absolute Gasteiger partial charge is 0.312 e. The van der Waals surface area contributed by atoms with Crippen LogP contribution < -0.4 is 5.32 Å². The third-order valence-corrected chi connectivity index (χ3v) is 3.78. The number of carbonyl (C=O) groups excluding carboxylic acids is 1. The first kappa shape index (κ1) is 11.0. The lowest BCUT2D eigenvalue weighted by Crippen LogP contribution is -2.24. The Labute approximate surface area is 101 Å². The van der Waals surface area contributed by atoms with E-state index < -0.39 is 0 Å². The molecule has 1 fully saturated rings. The topological polar surface area (TPSA) is 57.8 Å². The van der Waals surface area contributed by atoms with Crippen LogP contribution in [0.15, 0.2) is 0 Å². The molecule has 0 bridgehead atoms. The lowest BCUT2D eigenvalue weighted by Gasteiger charge is -2.12. The average Bonchev–Trinajstić information content (AvgIpc) is 3.07. The van der Waals surface area contributed by atoms with Gasteiger partial charge in [0.2, 0.25) is 0 Å². The Balaban J connectivity index is 1.61. The lowest BCUT2D eigenvalue weighted by atomic mass is 10.0. The molecule has 1 aliphatic carbocycles. The minimum absolute atomic E-state index is 0.215. The number of aromatic nitrogens is 2. The minimum Gasteiger partial charge on any atom is -0.312 e. The molecule has 0 unspecified atom stereocenters. The molecule has 0 aromatic carbocycles. The number of Topliss-reactive ketones (excluding diaryl/α,β-unsaturated/α-hetero) is 1. The van der Waals surface area contributed by atoms with Crippen LogP contribution in [0.1, 0.15) is 53.8 Å². The zero-order valence-electron chi connectivity index (χ0n) is 10.1. The summed E-state index contributed by atoms with van der Waals surface area (Å²) in [5.74, 6) is 1.13. The number of carbonyl (C=O) groups is 1. The monoisotopic (exact) mass is 233 g/mol. The van der Waals surface area contributed by atoms with E-state index in [1.165, 1.54) is 19.3 Å². The molecule has 2 aliphatic rings. The molecule has 0 radical (unpaired) electrons. The summed E-state index contributed by atoms with van der Waals surface area (Å²) < 4.78 is 0. The summed E-state index contributed by atoms with van der Waals surface area (Å²) in [6, 6.07) is 0. The van der Waals surface area contributed by atoms with Crippen molar-refractivity contribution in [2.45, 2.75) is 45.1 Å². The normalized spacial score (nSPS) is 19.1. The molecule has 17 heavy (non-hydrogen) atoms. The van der Waals surface area contributed by atoms with Gasteiger partial charge in [0, 0.05) is 37.2 Å². The molecule has 4 nitrogen and oxygen atoms in total. The lowest BCUT2D eigenvalue weighted by molar-refractivity contribution is 0.0973. The van der Waals surface area contributed by atoms with Crippen LogP contribution >= 0.6 is 0 Å². The van der Waals surface area contributed by atoms with Gasteiger partial charge in [0.05, 0.1) is 0 Å². The highest BCUT2D eigenvalue weighted by atomic mass is 16.1. The van der Waals surface area contributed by atoms with Crippen molar-refractivity contribution in [3.63, 3.8) is 0 Å². The van der Waals surface area contributed by atoms with Crippen molar-refractivity contribution in [2.24, 2.45) is 5.92 Å². The fourth-order valence-corrected chi connectivity index (χ4v) is 2.53. The molecule has 2 N–H and O–H groups in total. The Hall–Kier alpha value is -1.16. The zero-order valence-corrected chi connectivity index (χ0v) is 10.1. The van der Waals surface area contributed by atoms with E-state index in [9.17, 15) is 4.79 Å². The highest BCUT2D eigenvalue weighted by Crippen LogP contribution is 2.34. The zero-order chi connectivity index (χ0) is 11.7. The Morgan fingerprint density at radius 1 is 1.41 bits per heavy atom. The Morgan fingerprint density at radius 2 is 2.29 bits per heavy atom. The summed E-state index contributed by atoms with van der Waals surface area (Å²) in [6.07, 6.45) is 6.60. The highest BCUT2D eigenvalue weighted by Gasteiger charge is 2.23. The molecule has 1 aromatic heterocycles. The summed E-state index contributed by atoms with van der Waals surface area (Å²) in [5, 5.41) is 10.5. The van der Waals surface area contributed by atoms with Gasteiger partial charge in [-0.15, -0.1) is 0 Å². The molecule has 0 atom stereocenters. The second-order valence-electron chi connectivity index (χ2n) is 5.21. The molecule has 92 valence electrons. The van der Waals surface area contributed by atoms with Crippen molar-refractivity contribution in [3.8, 4) is 0 Å². The van der Waals surface area contributed by atoms with Gasteiger partial charge in [0.25, 0.3) is 0 Å². The van der Waals surface area contributed by atoms with Crippen molar-refractivity contribution in [1.82, 2.24) is 15.5 Å². The van der Waals surface area contributed by atoms with Crippen LogP contribution in [0.4, 0.5) is 0 Å². The molecule has 2 heterocycles. The van der Waals surface area contributed by atoms with Gasteiger partial charge in [0.15, 0.2) is 5.78 Å². The molecule has 3 rings (SSSR count). The van der Waals surface area contributed by atoms with Crippen molar-refractivity contribution in [2.75, 3.05) is 6.54 Å². The van der Waals surface area contributed by atoms with E-state index >= 15 is 0 Å². The maximum Gasteiger partial charge on any atom is 0.183 e. The van der Waals surface area contributed by atoms with Crippen LogP contribution in [-0.2, 0) is 13.0 Å². The standard InChI is InChI=1S/C13H19N3O/c17-12(3-1-2-9-4-5-9)13-10-8-14-7-6-11(10)15-16-13/h9,14H,1-8H2,(H,15,16). The van der Waals surface area contributed by atoms with Crippen LogP contribution in [0.3, 0.4) is 0 Å². The van der Waals surface area contributed by atoms with Crippen molar-refractivity contribution in [3.05, 3.63) is 17.0 Å². The third kappa shape index (κ3) is 2.41. The van der Waals surface area contributed by atoms with Gasteiger partial charge in [-0.3, -0.25) is 9.89 Å². The van der Waals surface area contributed by atoms with E-state index in [0.29, 0.717) is 12.1 Å². The van der Waals surface area contributed by atoms with Crippen molar-refractivity contribution >= 4 is 5.78 Å². The molecule has 0 saturated heterocycles. The van der Waals surface area contributed by atoms with Crippen LogP contribution in [0, 0.1) is 5.92 Å². The van der Waals surface area contributed by atoms with Crippen LogP contribution in [0.2, 0.25) is 0 Å². The average molecular weight is 233 g/mol. The molecule has 1 aromatic rings. The number of hydrogen-bond donors (Lipinski definition) is 2. The maximum atomic E-state index is 12.1. The van der Waals surface area contributed by atoms with E-state index in [1.54, 1.807) is 0 Å². The highest BCUT2D eigenvalue weighted by molar-refractivity contribution is 5.95. The first-order valence-corrected chi connectivity index (χ1v) is 6.64. The molecular weight excluding hydrogens is 214 g/mol. The molecule has 1 saturated carbocycles. The number of fused-ring (bicyclic) bond motifs is 1. The number of aromatic amines is 1. The molecular formula is C13H19N3O. The fraction of sp³-hybridized carbons (Fsp3) is 0.692. The summed E-state index contributed by atoms with van der Waals surface area (Å²) in [7, 11) is 0. The number of nitrogens with zero attached hydrogens (tertiary/aromatic N) is 1. The maximum absolute atomic E-state index is 12.1. The first-order valence-electron chi connectivity index (χ1n) is 6.64. The van der Waals surface area contributed by atoms with Gasteiger partial charge >= 0.3 is 0 Å².